The molecule has 0 aliphatic carbocycles. The molecule has 0 aliphatic heterocycles. The number of benzene rings is 3. The summed E-state index contributed by atoms with van der Waals surface area (Å²) in [5.41, 5.74) is 8.82. The standard InChI is InChI=1S/C25H23ClFN3O4/c1-15-3-6-21(20(28)9-15)30-24(31)8-5-16-4-7-22(23(10-16)33-2)34-14-25(32)29-19-12-17(26)11-18(27)13-19/h3-13H,14,28H2,1-2H3,(H,29,32)(H,30,31)/b8-5+. The van der Waals surface area contributed by atoms with Crippen molar-refractivity contribution in [3.8, 4) is 11.5 Å². The van der Waals surface area contributed by atoms with Crippen molar-refractivity contribution in [2.75, 3.05) is 30.1 Å². The number of anilines is 3. The molecule has 0 atom stereocenters. The van der Waals surface area contributed by atoms with Crippen molar-refractivity contribution in [2.45, 2.75) is 6.92 Å². The van der Waals surface area contributed by atoms with Gasteiger partial charge in [0.25, 0.3) is 5.91 Å². The summed E-state index contributed by atoms with van der Waals surface area (Å²) in [6, 6.07) is 14.0. The number of carbonyl (C=O) groups excluding carboxylic acids is 2. The van der Waals surface area contributed by atoms with Crippen LogP contribution in [0.15, 0.2) is 60.7 Å². The first kappa shape index (κ1) is 24.6. The van der Waals surface area contributed by atoms with E-state index in [1.165, 1.54) is 19.3 Å². The fourth-order valence-electron chi connectivity index (χ4n) is 3.02. The maximum absolute atomic E-state index is 13.4. The Hall–Kier alpha value is -4.04. The number of hydrogen-bond donors (Lipinski definition) is 3. The maximum Gasteiger partial charge on any atom is 0.262 e. The summed E-state index contributed by atoms with van der Waals surface area (Å²) in [5.74, 6) is -0.718. The SMILES string of the molecule is COc1cc(/C=C/C(=O)Nc2ccc(C)cc2N)ccc1OCC(=O)Nc1cc(F)cc(Cl)c1. The third-order valence-electron chi connectivity index (χ3n) is 4.58. The molecule has 0 aromatic heterocycles. The Morgan fingerprint density at radius 1 is 1.06 bits per heavy atom. The van der Waals surface area contributed by atoms with E-state index in [1.807, 2.05) is 13.0 Å². The van der Waals surface area contributed by atoms with Gasteiger partial charge in [-0.15, -0.1) is 0 Å². The van der Waals surface area contributed by atoms with Crippen LogP contribution in [0.4, 0.5) is 21.5 Å². The molecule has 0 aliphatic rings. The van der Waals surface area contributed by atoms with Gasteiger partial charge in [-0.1, -0.05) is 23.7 Å². The summed E-state index contributed by atoms with van der Waals surface area (Å²) in [7, 11) is 1.46. The number of nitrogens with two attached hydrogens (primary N) is 1. The highest BCUT2D eigenvalue weighted by Crippen LogP contribution is 2.29. The lowest BCUT2D eigenvalue weighted by Crippen LogP contribution is -2.20. The number of aryl methyl sites for hydroxylation is 1. The summed E-state index contributed by atoms with van der Waals surface area (Å²) in [4.78, 5) is 24.4. The Kier molecular flexibility index (Phi) is 8.10. The molecule has 3 rings (SSSR count). The number of rotatable bonds is 8. The zero-order valence-electron chi connectivity index (χ0n) is 18.5. The third kappa shape index (κ3) is 6.98. The zero-order valence-corrected chi connectivity index (χ0v) is 19.3. The Morgan fingerprint density at radius 3 is 2.56 bits per heavy atom. The molecule has 176 valence electrons. The van der Waals surface area contributed by atoms with Crippen LogP contribution in [0.5, 0.6) is 11.5 Å². The van der Waals surface area contributed by atoms with Gasteiger partial charge < -0.3 is 25.8 Å². The van der Waals surface area contributed by atoms with Crippen molar-refractivity contribution in [1.82, 2.24) is 0 Å². The molecule has 0 spiro atoms. The topological polar surface area (TPSA) is 103 Å². The van der Waals surface area contributed by atoms with E-state index in [0.717, 1.165) is 17.7 Å². The minimum Gasteiger partial charge on any atom is -0.493 e. The molecular weight excluding hydrogens is 461 g/mol. The van der Waals surface area contributed by atoms with Crippen molar-refractivity contribution >= 4 is 46.6 Å². The lowest BCUT2D eigenvalue weighted by molar-refractivity contribution is -0.118. The molecule has 0 saturated heterocycles. The molecule has 0 fully saturated rings. The van der Waals surface area contributed by atoms with E-state index in [9.17, 15) is 14.0 Å². The summed E-state index contributed by atoms with van der Waals surface area (Å²) in [6.07, 6.45) is 2.97. The van der Waals surface area contributed by atoms with E-state index >= 15 is 0 Å². The molecule has 9 heteroatoms. The molecular formula is C25H23ClFN3O4. The highest BCUT2D eigenvalue weighted by molar-refractivity contribution is 6.30. The van der Waals surface area contributed by atoms with Crippen LogP contribution in [0.3, 0.4) is 0 Å². The van der Waals surface area contributed by atoms with Gasteiger partial charge in [-0.2, -0.15) is 0 Å². The summed E-state index contributed by atoms with van der Waals surface area (Å²) >= 11 is 5.78. The van der Waals surface area contributed by atoms with Crippen LogP contribution in [0.1, 0.15) is 11.1 Å². The van der Waals surface area contributed by atoms with Crippen LogP contribution in [0.25, 0.3) is 6.08 Å². The minimum atomic E-state index is -0.565. The largest absolute Gasteiger partial charge is 0.493 e. The Morgan fingerprint density at radius 2 is 1.85 bits per heavy atom. The number of hydrogen-bond acceptors (Lipinski definition) is 5. The first-order valence-corrected chi connectivity index (χ1v) is 10.5. The highest BCUT2D eigenvalue weighted by atomic mass is 35.5. The first-order valence-electron chi connectivity index (χ1n) is 10.2. The van der Waals surface area contributed by atoms with Crippen molar-refractivity contribution in [3.63, 3.8) is 0 Å². The number of amides is 2. The molecule has 3 aromatic carbocycles. The van der Waals surface area contributed by atoms with Gasteiger partial charge in [0.15, 0.2) is 18.1 Å². The van der Waals surface area contributed by atoms with Gasteiger partial charge in [-0.05, 0) is 66.6 Å². The van der Waals surface area contributed by atoms with Gasteiger partial charge in [0.1, 0.15) is 5.82 Å². The van der Waals surface area contributed by atoms with Crippen molar-refractivity contribution in [1.29, 1.82) is 0 Å². The molecule has 0 radical (unpaired) electrons. The van der Waals surface area contributed by atoms with Crippen LogP contribution in [0.2, 0.25) is 5.02 Å². The van der Waals surface area contributed by atoms with E-state index in [1.54, 1.807) is 36.4 Å². The normalized spacial score (nSPS) is 10.7. The van der Waals surface area contributed by atoms with Crippen LogP contribution < -0.4 is 25.8 Å². The van der Waals surface area contributed by atoms with E-state index in [-0.39, 0.29) is 23.2 Å². The monoisotopic (exact) mass is 483 g/mol. The summed E-state index contributed by atoms with van der Waals surface area (Å²) in [6.45, 7) is 1.58. The second kappa shape index (κ2) is 11.2. The Balaban J connectivity index is 1.60. The first-order chi connectivity index (χ1) is 16.2. The van der Waals surface area contributed by atoms with Gasteiger partial charge in [-0.25, -0.2) is 4.39 Å². The number of ether oxygens (including phenoxy) is 2. The van der Waals surface area contributed by atoms with Crippen molar-refractivity contribution < 1.29 is 23.5 Å². The average Bonchev–Trinajstić information content (AvgIpc) is 2.77. The second-order valence-corrected chi connectivity index (χ2v) is 7.75. The van der Waals surface area contributed by atoms with Gasteiger partial charge in [0.2, 0.25) is 5.91 Å². The molecule has 0 heterocycles. The molecule has 4 N–H and O–H groups in total. The second-order valence-electron chi connectivity index (χ2n) is 7.32. The van der Waals surface area contributed by atoms with Crippen molar-refractivity contribution in [3.05, 3.63) is 82.6 Å². The maximum atomic E-state index is 13.4. The predicted octanol–water partition coefficient (Wildman–Crippen LogP) is 5.05. The number of methoxy groups -OCH3 is 1. The summed E-state index contributed by atoms with van der Waals surface area (Å²) in [5, 5.41) is 5.40. The van der Waals surface area contributed by atoms with Crippen molar-refractivity contribution in [2.24, 2.45) is 0 Å². The lowest BCUT2D eigenvalue weighted by atomic mass is 10.1. The summed E-state index contributed by atoms with van der Waals surface area (Å²) < 4.78 is 24.2. The minimum absolute atomic E-state index is 0.164. The van der Waals surface area contributed by atoms with E-state index < -0.39 is 11.7 Å². The molecule has 0 saturated carbocycles. The van der Waals surface area contributed by atoms with Gasteiger partial charge in [0, 0.05) is 16.8 Å². The number of nitrogens with one attached hydrogen (secondary N) is 2. The molecule has 0 bridgehead atoms. The quantitative estimate of drug-likeness (QED) is 0.307. The highest BCUT2D eigenvalue weighted by Gasteiger charge is 2.10. The Bertz CT molecular complexity index is 1230. The van der Waals surface area contributed by atoms with Crippen LogP contribution in [-0.4, -0.2) is 25.5 Å². The molecule has 2 amide bonds. The van der Waals surface area contributed by atoms with Gasteiger partial charge in [-0.3, -0.25) is 9.59 Å². The Labute approximate surface area is 201 Å². The van der Waals surface area contributed by atoms with Crippen LogP contribution >= 0.6 is 11.6 Å². The lowest BCUT2D eigenvalue weighted by Gasteiger charge is -2.12. The third-order valence-corrected chi connectivity index (χ3v) is 4.80. The van der Waals surface area contributed by atoms with E-state index in [0.29, 0.717) is 28.4 Å². The molecule has 34 heavy (non-hydrogen) atoms. The smallest absolute Gasteiger partial charge is 0.262 e. The molecule has 3 aromatic rings. The fraction of sp³-hybridized carbons (Fsp3) is 0.120. The zero-order chi connectivity index (χ0) is 24.7. The van der Waals surface area contributed by atoms with E-state index in [2.05, 4.69) is 10.6 Å². The van der Waals surface area contributed by atoms with E-state index in [4.69, 9.17) is 26.8 Å². The number of nitrogen functional groups attached to an aromatic ring is 1. The molecule has 0 unspecified atom stereocenters. The number of carbonyl (C=O) groups is 2. The molecule has 7 nitrogen and oxygen atoms in total. The number of halogens is 2. The predicted molar refractivity (Wildman–Crippen MR) is 132 cm³/mol. The van der Waals surface area contributed by atoms with Crippen LogP contribution in [-0.2, 0) is 9.59 Å². The van der Waals surface area contributed by atoms with Gasteiger partial charge >= 0.3 is 0 Å². The van der Waals surface area contributed by atoms with Gasteiger partial charge in [0.05, 0.1) is 18.5 Å². The van der Waals surface area contributed by atoms with Crippen LogP contribution in [0, 0.1) is 12.7 Å². The average molecular weight is 484 g/mol. The fourth-order valence-corrected chi connectivity index (χ4v) is 3.24.